The Hall–Kier alpha value is -0.340. The second-order valence-corrected chi connectivity index (χ2v) is 5.56. The molecule has 0 N–H and O–H groups in total. The highest BCUT2D eigenvalue weighted by Gasteiger charge is 2.10. The Morgan fingerprint density at radius 1 is 1.18 bits per heavy atom. The van der Waals surface area contributed by atoms with Crippen LogP contribution in [0, 0.1) is 5.92 Å². The molecule has 0 fully saturated rings. The lowest BCUT2D eigenvalue weighted by atomic mass is 10.0. The molecule has 0 heterocycles. The number of benzene rings is 1. The minimum atomic E-state index is 0.835. The summed E-state index contributed by atoms with van der Waals surface area (Å²) < 4.78 is 1.17. The molecule has 1 aromatic carbocycles. The van der Waals surface area contributed by atoms with Gasteiger partial charge in [0.1, 0.15) is 0 Å². The summed E-state index contributed by atoms with van der Waals surface area (Å²) in [6, 6.07) is 8.63. The molecular weight excluding hydrogens is 274 g/mol. The lowest BCUT2D eigenvalue weighted by Gasteiger charge is -2.25. The van der Waals surface area contributed by atoms with Crippen molar-refractivity contribution in [3.63, 3.8) is 0 Å². The normalized spacial score (nSPS) is 11.4. The van der Waals surface area contributed by atoms with E-state index in [0.29, 0.717) is 0 Å². The topological polar surface area (TPSA) is 3.24 Å². The van der Waals surface area contributed by atoms with Gasteiger partial charge in [0.2, 0.25) is 0 Å². The molecule has 0 aliphatic rings. The van der Waals surface area contributed by atoms with E-state index in [4.69, 9.17) is 0 Å². The van der Waals surface area contributed by atoms with Gasteiger partial charge in [0, 0.05) is 17.6 Å². The Kier molecular flexibility index (Phi) is 6.83. The maximum absolute atomic E-state index is 3.53. The molecule has 1 aromatic rings. The molecule has 0 unspecified atom stereocenters. The molecule has 0 radical (unpaired) electrons. The van der Waals surface area contributed by atoms with Crippen LogP contribution in [0.4, 0.5) is 0 Å². The van der Waals surface area contributed by atoms with Crippen LogP contribution < -0.4 is 0 Å². The third kappa shape index (κ3) is 5.22. The van der Waals surface area contributed by atoms with E-state index < -0.39 is 0 Å². The molecule has 0 aromatic heterocycles. The first-order chi connectivity index (χ1) is 8.19. The van der Waals surface area contributed by atoms with Gasteiger partial charge in [-0.05, 0) is 30.2 Å². The van der Waals surface area contributed by atoms with Gasteiger partial charge in [-0.15, -0.1) is 0 Å². The number of halogens is 1. The molecule has 0 aliphatic carbocycles. The van der Waals surface area contributed by atoms with E-state index in [9.17, 15) is 0 Å². The molecule has 1 rings (SSSR count). The summed E-state index contributed by atoms with van der Waals surface area (Å²) in [6.07, 6.45) is 2.57. The monoisotopic (exact) mass is 297 g/mol. The number of nitrogens with zero attached hydrogens (tertiary/aromatic N) is 1. The Labute approximate surface area is 114 Å². The third-order valence-electron chi connectivity index (χ3n) is 3.41. The standard InChI is InChI=1S/C15H24BrN/c1-4-13(5-2)11-17(6-3)12-14-8-7-9-15(16)10-14/h7-10,13H,4-6,11-12H2,1-3H3. The molecule has 0 aliphatic heterocycles. The fourth-order valence-corrected chi connectivity index (χ4v) is 2.56. The summed E-state index contributed by atoms with van der Waals surface area (Å²) in [5.74, 6) is 0.835. The van der Waals surface area contributed by atoms with Gasteiger partial charge in [-0.2, -0.15) is 0 Å². The van der Waals surface area contributed by atoms with Crippen molar-refractivity contribution in [2.75, 3.05) is 13.1 Å². The van der Waals surface area contributed by atoms with Gasteiger partial charge in [0.25, 0.3) is 0 Å². The summed E-state index contributed by atoms with van der Waals surface area (Å²) in [5, 5.41) is 0. The first kappa shape index (κ1) is 14.7. The van der Waals surface area contributed by atoms with Crippen molar-refractivity contribution in [1.29, 1.82) is 0 Å². The maximum Gasteiger partial charge on any atom is 0.0234 e. The predicted octanol–water partition coefficient (Wildman–Crippen LogP) is 4.71. The zero-order valence-corrected chi connectivity index (χ0v) is 12.8. The zero-order valence-electron chi connectivity index (χ0n) is 11.2. The van der Waals surface area contributed by atoms with Gasteiger partial charge >= 0.3 is 0 Å². The van der Waals surface area contributed by atoms with E-state index >= 15 is 0 Å². The average Bonchev–Trinajstić information content (AvgIpc) is 2.34. The second-order valence-electron chi connectivity index (χ2n) is 4.64. The summed E-state index contributed by atoms with van der Waals surface area (Å²) in [4.78, 5) is 2.54. The van der Waals surface area contributed by atoms with E-state index in [2.05, 4.69) is 65.9 Å². The van der Waals surface area contributed by atoms with Crippen molar-refractivity contribution in [3.05, 3.63) is 34.3 Å². The van der Waals surface area contributed by atoms with Crippen molar-refractivity contribution < 1.29 is 0 Å². The Balaban J connectivity index is 2.57. The van der Waals surface area contributed by atoms with E-state index in [1.807, 2.05) is 0 Å². The van der Waals surface area contributed by atoms with Crippen molar-refractivity contribution in [2.45, 2.75) is 40.2 Å². The van der Waals surface area contributed by atoms with Gasteiger partial charge in [-0.1, -0.05) is 61.7 Å². The van der Waals surface area contributed by atoms with Crippen LogP contribution >= 0.6 is 15.9 Å². The first-order valence-corrected chi connectivity index (χ1v) is 7.45. The molecule has 1 nitrogen and oxygen atoms in total. The van der Waals surface area contributed by atoms with Crippen molar-refractivity contribution in [2.24, 2.45) is 5.92 Å². The molecule has 2 heteroatoms. The van der Waals surface area contributed by atoms with E-state index in [1.54, 1.807) is 0 Å². The van der Waals surface area contributed by atoms with Gasteiger partial charge in [0.15, 0.2) is 0 Å². The van der Waals surface area contributed by atoms with Crippen LogP contribution in [0.15, 0.2) is 28.7 Å². The predicted molar refractivity (Wildman–Crippen MR) is 79.2 cm³/mol. The number of hydrogen-bond acceptors (Lipinski definition) is 1. The summed E-state index contributed by atoms with van der Waals surface area (Å²) in [5.41, 5.74) is 1.40. The molecular formula is C15H24BrN. The molecule has 0 spiro atoms. The van der Waals surface area contributed by atoms with Crippen LogP contribution in [0.1, 0.15) is 39.2 Å². The fraction of sp³-hybridized carbons (Fsp3) is 0.600. The van der Waals surface area contributed by atoms with Crippen molar-refractivity contribution in [1.82, 2.24) is 4.90 Å². The summed E-state index contributed by atoms with van der Waals surface area (Å²) in [6.45, 7) is 10.2. The second kappa shape index (κ2) is 7.88. The fourth-order valence-electron chi connectivity index (χ4n) is 2.11. The average molecular weight is 298 g/mol. The third-order valence-corrected chi connectivity index (χ3v) is 3.91. The Morgan fingerprint density at radius 2 is 1.88 bits per heavy atom. The highest BCUT2D eigenvalue weighted by atomic mass is 79.9. The maximum atomic E-state index is 3.53. The zero-order chi connectivity index (χ0) is 12.7. The summed E-state index contributed by atoms with van der Waals surface area (Å²) in [7, 11) is 0. The van der Waals surface area contributed by atoms with Crippen LogP contribution in [-0.2, 0) is 6.54 Å². The molecule has 0 amide bonds. The van der Waals surface area contributed by atoms with Gasteiger partial charge in [-0.25, -0.2) is 0 Å². The minimum absolute atomic E-state index is 0.835. The smallest absolute Gasteiger partial charge is 0.0234 e. The minimum Gasteiger partial charge on any atom is -0.299 e. The molecule has 17 heavy (non-hydrogen) atoms. The van der Waals surface area contributed by atoms with Crippen molar-refractivity contribution in [3.8, 4) is 0 Å². The van der Waals surface area contributed by atoms with Gasteiger partial charge in [-0.3, -0.25) is 4.90 Å². The van der Waals surface area contributed by atoms with Crippen molar-refractivity contribution >= 4 is 15.9 Å². The lowest BCUT2D eigenvalue weighted by Crippen LogP contribution is -2.28. The van der Waals surface area contributed by atoms with Crippen LogP contribution in [0.25, 0.3) is 0 Å². The molecule has 0 atom stereocenters. The molecule has 0 saturated heterocycles. The van der Waals surface area contributed by atoms with E-state index in [-0.39, 0.29) is 0 Å². The number of rotatable bonds is 7. The SMILES string of the molecule is CCC(CC)CN(CC)Cc1cccc(Br)c1. The van der Waals surface area contributed by atoms with Crippen LogP contribution in [-0.4, -0.2) is 18.0 Å². The summed E-state index contributed by atoms with van der Waals surface area (Å²) >= 11 is 3.53. The van der Waals surface area contributed by atoms with Gasteiger partial charge in [0.05, 0.1) is 0 Å². The quantitative estimate of drug-likeness (QED) is 0.705. The first-order valence-electron chi connectivity index (χ1n) is 6.66. The van der Waals surface area contributed by atoms with E-state index in [0.717, 1.165) is 19.0 Å². The van der Waals surface area contributed by atoms with Gasteiger partial charge < -0.3 is 0 Å². The lowest BCUT2D eigenvalue weighted by molar-refractivity contribution is 0.226. The largest absolute Gasteiger partial charge is 0.299 e. The Bertz CT molecular complexity index is 320. The van der Waals surface area contributed by atoms with Crippen LogP contribution in [0.2, 0.25) is 0 Å². The van der Waals surface area contributed by atoms with E-state index in [1.165, 1.54) is 29.4 Å². The van der Waals surface area contributed by atoms with Crippen LogP contribution in [0.3, 0.4) is 0 Å². The van der Waals surface area contributed by atoms with Crippen LogP contribution in [0.5, 0.6) is 0 Å². The highest BCUT2D eigenvalue weighted by molar-refractivity contribution is 9.10. The highest BCUT2D eigenvalue weighted by Crippen LogP contribution is 2.16. The molecule has 96 valence electrons. The molecule has 0 saturated carbocycles. The number of hydrogen-bond donors (Lipinski definition) is 0. The molecule has 0 bridgehead atoms. The Morgan fingerprint density at radius 3 is 2.41 bits per heavy atom.